The van der Waals surface area contributed by atoms with E-state index in [1.165, 1.54) is 0 Å². The third kappa shape index (κ3) is 3.70. The van der Waals surface area contributed by atoms with Crippen LogP contribution in [0.15, 0.2) is 6.07 Å². The van der Waals surface area contributed by atoms with Gasteiger partial charge in [-0.3, -0.25) is 9.89 Å². The van der Waals surface area contributed by atoms with Crippen LogP contribution < -0.4 is 5.32 Å². The average Bonchev–Trinajstić information content (AvgIpc) is 2.77. The fourth-order valence-corrected chi connectivity index (χ4v) is 2.09. The summed E-state index contributed by atoms with van der Waals surface area (Å²) in [6, 6.07) is 2.22. The summed E-state index contributed by atoms with van der Waals surface area (Å²) < 4.78 is 0. The number of amides is 1. The van der Waals surface area contributed by atoms with Crippen molar-refractivity contribution in [3.8, 4) is 0 Å². The monoisotopic (exact) mass is 286 g/mol. The zero-order chi connectivity index (χ0) is 13.3. The molecule has 0 spiro atoms. The minimum Gasteiger partial charge on any atom is -0.334 e. The molecule has 1 aliphatic heterocycles. The van der Waals surface area contributed by atoms with E-state index in [-0.39, 0.29) is 23.7 Å². The van der Waals surface area contributed by atoms with Gasteiger partial charge in [0.05, 0.1) is 0 Å². The van der Waals surface area contributed by atoms with Crippen molar-refractivity contribution in [2.24, 2.45) is 0 Å². The second-order valence-electron chi connectivity index (χ2n) is 6.02. The van der Waals surface area contributed by atoms with Crippen molar-refractivity contribution in [1.82, 2.24) is 20.4 Å². The van der Waals surface area contributed by atoms with Crippen molar-refractivity contribution in [2.75, 3.05) is 19.6 Å². The van der Waals surface area contributed by atoms with Gasteiger partial charge in [0.2, 0.25) is 0 Å². The van der Waals surface area contributed by atoms with E-state index in [1.54, 1.807) is 0 Å². The largest absolute Gasteiger partial charge is 0.334 e. The molecular formula is C13H23ClN4O. The molecule has 2 N–H and O–H groups in total. The predicted molar refractivity (Wildman–Crippen MR) is 77.9 cm³/mol. The summed E-state index contributed by atoms with van der Waals surface area (Å²) in [7, 11) is 0. The van der Waals surface area contributed by atoms with Crippen LogP contribution in [0.4, 0.5) is 0 Å². The number of aromatic amines is 1. The lowest BCUT2D eigenvalue weighted by Crippen LogP contribution is -2.51. The summed E-state index contributed by atoms with van der Waals surface area (Å²) >= 11 is 0. The van der Waals surface area contributed by atoms with Gasteiger partial charge in [-0.2, -0.15) is 5.10 Å². The summed E-state index contributed by atoms with van der Waals surface area (Å²) in [4.78, 5) is 14.2. The molecule has 2 heterocycles. The molecule has 6 heteroatoms. The highest BCUT2D eigenvalue weighted by Crippen LogP contribution is 2.20. The number of carbonyl (C=O) groups is 1. The van der Waals surface area contributed by atoms with E-state index in [0.29, 0.717) is 11.7 Å². The molecule has 1 aromatic rings. The van der Waals surface area contributed by atoms with E-state index in [1.807, 2.05) is 11.0 Å². The summed E-state index contributed by atoms with van der Waals surface area (Å²) in [5.74, 6) is 0.0232. The lowest BCUT2D eigenvalue weighted by molar-refractivity contribution is 0.0703. The summed E-state index contributed by atoms with van der Waals surface area (Å²) in [5.41, 5.74) is 1.51. The molecule has 0 radical (unpaired) electrons. The molecule has 0 aliphatic carbocycles. The van der Waals surface area contributed by atoms with E-state index >= 15 is 0 Å². The SMILES string of the molecule is CC1CN(C(=O)c2cc(C(C)(C)C)[nH]n2)CCN1.Cl. The highest BCUT2D eigenvalue weighted by atomic mass is 35.5. The number of rotatable bonds is 1. The van der Waals surface area contributed by atoms with E-state index in [4.69, 9.17) is 0 Å². The van der Waals surface area contributed by atoms with Crippen molar-refractivity contribution < 1.29 is 4.79 Å². The highest BCUT2D eigenvalue weighted by Gasteiger charge is 2.25. The second-order valence-corrected chi connectivity index (χ2v) is 6.02. The summed E-state index contributed by atoms with van der Waals surface area (Å²) in [5, 5.41) is 10.4. The zero-order valence-corrected chi connectivity index (χ0v) is 12.8. The number of piperazine rings is 1. The first-order valence-corrected chi connectivity index (χ1v) is 6.46. The van der Waals surface area contributed by atoms with Crippen LogP contribution in [-0.2, 0) is 5.41 Å². The van der Waals surface area contributed by atoms with E-state index in [2.05, 4.69) is 43.2 Å². The third-order valence-corrected chi connectivity index (χ3v) is 3.26. The number of hydrogen-bond acceptors (Lipinski definition) is 3. The van der Waals surface area contributed by atoms with Gasteiger partial charge in [-0.05, 0) is 13.0 Å². The Hall–Kier alpha value is -1.07. The van der Waals surface area contributed by atoms with Crippen LogP contribution in [0.5, 0.6) is 0 Å². The number of carbonyl (C=O) groups excluding carboxylic acids is 1. The molecule has 1 saturated heterocycles. The lowest BCUT2D eigenvalue weighted by atomic mass is 9.92. The van der Waals surface area contributed by atoms with Crippen molar-refractivity contribution in [2.45, 2.75) is 39.2 Å². The number of nitrogens with one attached hydrogen (secondary N) is 2. The number of aromatic nitrogens is 2. The lowest BCUT2D eigenvalue weighted by Gasteiger charge is -2.31. The van der Waals surface area contributed by atoms with Crippen LogP contribution in [-0.4, -0.2) is 46.7 Å². The standard InChI is InChI=1S/C13H22N4O.ClH/c1-9-8-17(6-5-14-9)12(18)10-7-11(16-15-10)13(2,3)4;/h7,9,14H,5-6,8H2,1-4H3,(H,15,16);1H. The van der Waals surface area contributed by atoms with E-state index in [0.717, 1.165) is 25.3 Å². The molecule has 1 atom stereocenters. The van der Waals surface area contributed by atoms with Gasteiger partial charge < -0.3 is 10.2 Å². The molecule has 108 valence electrons. The first-order chi connectivity index (χ1) is 8.38. The normalized spacial score (nSPS) is 20.0. The number of hydrogen-bond donors (Lipinski definition) is 2. The molecule has 1 amide bonds. The van der Waals surface area contributed by atoms with Crippen LogP contribution in [0.1, 0.15) is 43.9 Å². The maximum absolute atomic E-state index is 12.3. The van der Waals surface area contributed by atoms with Crippen LogP contribution >= 0.6 is 12.4 Å². The predicted octanol–water partition coefficient (Wildman–Crippen LogP) is 1.56. The molecule has 0 bridgehead atoms. The molecule has 1 unspecified atom stereocenters. The Labute approximate surface area is 120 Å². The summed E-state index contributed by atoms with van der Waals surface area (Å²) in [6.45, 7) is 10.7. The Morgan fingerprint density at radius 3 is 2.68 bits per heavy atom. The molecule has 19 heavy (non-hydrogen) atoms. The van der Waals surface area contributed by atoms with Gasteiger partial charge in [0, 0.05) is 36.8 Å². The first-order valence-electron chi connectivity index (χ1n) is 6.46. The third-order valence-electron chi connectivity index (χ3n) is 3.26. The number of H-pyrrole nitrogens is 1. The highest BCUT2D eigenvalue weighted by molar-refractivity contribution is 5.92. The van der Waals surface area contributed by atoms with E-state index < -0.39 is 0 Å². The van der Waals surface area contributed by atoms with Crippen LogP contribution in [0.3, 0.4) is 0 Å². The Bertz CT molecular complexity index is 438. The van der Waals surface area contributed by atoms with Gasteiger partial charge in [0.1, 0.15) is 5.69 Å². The Balaban J connectivity index is 0.00000180. The van der Waals surface area contributed by atoms with Crippen LogP contribution in [0.2, 0.25) is 0 Å². The van der Waals surface area contributed by atoms with Crippen molar-refractivity contribution in [1.29, 1.82) is 0 Å². The Kier molecular flexibility index (Phi) is 4.98. The second kappa shape index (κ2) is 5.92. The molecule has 1 aliphatic rings. The number of halogens is 1. The topological polar surface area (TPSA) is 61.0 Å². The first kappa shape index (κ1) is 16.0. The zero-order valence-electron chi connectivity index (χ0n) is 12.0. The molecule has 0 saturated carbocycles. The molecule has 0 aromatic carbocycles. The maximum Gasteiger partial charge on any atom is 0.274 e. The maximum atomic E-state index is 12.3. The smallest absolute Gasteiger partial charge is 0.274 e. The van der Waals surface area contributed by atoms with Gasteiger partial charge in [-0.15, -0.1) is 12.4 Å². The van der Waals surface area contributed by atoms with Gasteiger partial charge >= 0.3 is 0 Å². The minimum absolute atomic E-state index is 0. The number of nitrogens with zero attached hydrogens (tertiary/aromatic N) is 2. The van der Waals surface area contributed by atoms with Crippen molar-refractivity contribution in [3.63, 3.8) is 0 Å². The Morgan fingerprint density at radius 2 is 2.16 bits per heavy atom. The molecule has 1 aromatic heterocycles. The van der Waals surface area contributed by atoms with Gasteiger partial charge in [-0.25, -0.2) is 0 Å². The fourth-order valence-electron chi connectivity index (χ4n) is 2.09. The van der Waals surface area contributed by atoms with Gasteiger partial charge in [0.15, 0.2) is 0 Å². The van der Waals surface area contributed by atoms with Crippen LogP contribution in [0, 0.1) is 0 Å². The van der Waals surface area contributed by atoms with Gasteiger partial charge in [0.25, 0.3) is 5.91 Å². The van der Waals surface area contributed by atoms with Crippen LogP contribution in [0.25, 0.3) is 0 Å². The Morgan fingerprint density at radius 1 is 1.47 bits per heavy atom. The quantitative estimate of drug-likeness (QED) is 0.824. The van der Waals surface area contributed by atoms with Crippen molar-refractivity contribution >= 4 is 18.3 Å². The van der Waals surface area contributed by atoms with Gasteiger partial charge in [-0.1, -0.05) is 20.8 Å². The molecule has 1 fully saturated rings. The molecule has 5 nitrogen and oxygen atoms in total. The average molecular weight is 287 g/mol. The fraction of sp³-hybridized carbons (Fsp3) is 0.692. The molecule has 2 rings (SSSR count). The van der Waals surface area contributed by atoms with E-state index in [9.17, 15) is 4.79 Å². The minimum atomic E-state index is -0.0116. The van der Waals surface area contributed by atoms with Crippen molar-refractivity contribution in [3.05, 3.63) is 17.5 Å². The summed E-state index contributed by atoms with van der Waals surface area (Å²) in [6.07, 6.45) is 0. The molecular weight excluding hydrogens is 264 g/mol.